The van der Waals surface area contributed by atoms with Gasteiger partial charge in [0.2, 0.25) is 0 Å². The van der Waals surface area contributed by atoms with Gasteiger partial charge in [0.15, 0.2) is 6.10 Å². The van der Waals surface area contributed by atoms with Crippen LogP contribution in [0.25, 0.3) is 22.1 Å². The summed E-state index contributed by atoms with van der Waals surface area (Å²) in [5.41, 5.74) is 2.58. The van der Waals surface area contributed by atoms with Crippen molar-refractivity contribution in [1.82, 2.24) is 4.90 Å². The third-order valence-electron chi connectivity index (χ3n) is 5.62. The highest BCUT2D eigenvalue weighted by Crippen LogP contribution is 2.32. The minimum Gasteiger partial charge on any atom is -0.481 e. The van der Waals surface area contributed by atoms with Crippen molar-refractivity contribution < 1.29 is 22.7 Å². The van der Waals surface area contributed by atoms with Crippen LogP contribution in [0.1, 0.15) is 25.3 Å². The number of likely N-dealkylation sites (tertiary alicyclic amines) is 1. The molecule has 0 N–H and O–H groups in total. The van der Waals surface area contributed by atoms with Gasteiger partial charge in [0.05, 0.1) is 0 Å². The topological polar surface area (TPSA) is 59.8 Å². The molecule has 1 atom stereocenters. The number of hydrogen-bond acceptors (Lipinski definition) is 4. The van der Waals surface area contributed by atoms with Gasteiger partial charge in [-0.3, -0.25) is 4.79 Å². The lowest BCUT2D eigenvalue weighted by atomic mass is 9.98. The lowest BCUT2D eigenvalue weighted by molar-refractivity contribution is -0.143. The molecule has 1 aliphatic rings. The molecule has 2 heterocycles. The van der Waals surface area contributed by atoms with Crippen molar-refractivity contribution in [3.05, 3.63) is 64.5 Å². The Hall–Kier alpha value is -3.22. The Morgan fingerprint density at radius 2 is 1.81 bits per heavy atom. The number of aryl methyl sites for hydroxylation is 1. The number of carbonyl (C=O) groups excluding carboxylic acids is 1. The quantitative estimate of drug-likeness (QED) is 0.562. The van der Waals surface area contributed by atoms with E-state index < -0.39 is 17.7 Å². The van der Waals surface area contributed by atoms with Crippen molar-refractivity contribution >= 4 is 16.9 Å². The van der Waals surface area contributed by atoms with Crippen LogP contribution >= 0.6 is 0 Å². The van der Waals surface area contributed by atoms with Crippen LogP contribution < -0.4 is 10.4 Å². The number of amides is 1. The second-order valence-corrected chi connectivity index (χ2v) is 7.89. The van der Waals surface area contributed by atoms with Gasteiger partial charge in [0.1, 0.15) is 11.3 Å². The summed E-state index contributed by atoms with van der Waals surface area (Å²) in [5, 5.41) is 0.749. The minimum absolute atomic E-state index is 0.00587. The Labute approximate surface area is 178 Å². The number of rotatable bonds is 4. The van der Waals surface area contributed by atoms with Crippen LogP contribution in [0.5, 0.6) is 5.75 Å². The molecule has 0 saturated carbocycles. The second kappa shape index (κ2) is 8.13. The SMILES string of the molecule is Cc1ccccc1-c1cc(=O)oc2cc(OC(C)C(=O)N3CCC(F)(F)CC3)ccc12. The summed E-state index contributed by atoms with van der Waals surface area (Å²) in [6.45, 7) is 3.56. The maximum absolute atomic E-state index is 13.3. The summed E-state index contributed by atoms with van der Waals surface area (Å²) in [6, 6.07) is 14.3. The van der Waals surface area contributed by atoms with Crippen LogP contribution in [0, 0.1) is 6.92 Å². The van der Waals surface area contributed by atoms with Gasteiger partial charge in [-0.1, -0.05) is 24.3 Å². The van der Waals surface area contributed by atoms with Crippen molar-refractivity contribution in [3.8, 4) is 16.9 Å². The Bertz CT molecular complexity index is 1180. The zero-order valence-electron chi connectivity index (χ0n) is 17.4. The summed E-state index contributed by atoms with van der Waals surface area (Å²) in [4.78, 5) is 26.2. The largest absolute Gasteiger partial charge is 0.481 e. The molecule has 0 aliphatic carbocycles. The zero-order chi connectivity index (χ0) is 22.2. The predicted octanol–water partition coefficient (Wildman–Crippen LogP) is 4.79. The molecule has 0 spiro atoms. The van der Waals surface area contributed by atoms with Crippen molar-refractivity contribution in [3.63, 3.8) is 0 Å². The normalized spacial score (nSPS) is 16.8. The molecular formula is C24H23F2NO4. The van der Waals surface area contributed by atoms with Gasteiger partial charge in [0, 0.05) is 49.0 Å². The monoisotopic (exact) mass is 427 g/mol. The van der Waals surface area contributed by atoms with Crippen LogP contribution in [-0.4, -0.2) is 35.9 Å². The molecule has 4 rings (SSSR count). The molecule has 1 aromatic heterocycles. The van der Waals surface area contributed by atoms with Gasteiger partial charge >= 0.3 is 5.63 Å². The highest BCUT2D eigenvalue weighted by atomic mass is 19.3. The van der Waals surface area contributed by atoms with E-state index in [2.05, 4.69) is 0 Å². The molecule has 3 aromatic rings. The van der Waals surface area contributed by atoms with Gasteiger partial charge in [-0.25, -0.2) is 13.6 Å². The Balaban J connectivity index is 1.58. The minimum atomic E-state index is -2.72. The lowest BCUT2D eigenvalue weighted by Crippen LogP contribution is -2.47. The molecule has 162 valence electrons. The van der Waals surface area contributed by atoms with Gasteiger partial charge in [0.25, 0.3) is 11.8 Å². The predicted molar refractivity (Wildman–Crippen MR) is 114 cm³/mol. The molecule has 5 nitrogen and oxygen atoms in total. The molecule has 1 saturated heterocycles. The number of ether oxygens (including phenoxy) is 1. The van der Waals surface area contributed by atoms with E-state index in [0.29, 0.717) is 11.3 Å². The van der Waals surface area contributed by atoms with Gasteiger partial charge in [-0.05, 0) is 37.1 Å². The first-order valence-electron chi connectivity index (χ1n) is 10.2. The Kier molecular flexibility index (Phi) is 5.52. The highest BCUT2D eigenvalue weighted by Gasteiger charge is 2.36. The third kappa shape index (κ3) is 4.45. The fourth-order valence-corrected chi connectivity index (χ4v) is 3.88. The van der Waals surface area contributed by atoms with Crippen molar-refractivity contribution in [1.29, 1.82) is 0 Å². The van der Waals surface area contributed by atoms with Gasteiger partial charge < -0.3 is 14.1 Å². The molecule has 1 aliphatic heterocycles. The summed E-state index contributed by atoms with van der Waals surface area (Å²) in [7, 11) is 0. The number of benzene rings is 2. The molecule has 1 amide bonds. The maximum Gasteiger partial charge on any atom is 0.336 e. The first-order valence-corrected chi connectivity index (χ1v) is 10.2. The summed E-state index contributed by atoms with van der Waals surface area (Å²) < 4.78 is 37.8. The molecule has 1 fully saturated rings. The number of hydrogen-bond donors (Lipinski definition) is 0. The Morgan fingerprint density at radius 1 is 1.10 bits per heavy atom. The van der Waals surface area contributed by atoms with E-state index in [4.69, 9.17) is 9.15 Å². The molecule has 0 radical (unpaired) electrons. The van der Waals surface area contributed by atoms with Crippen LogP contribution in [0.15, 0.2) is 57.7 Å². The van der Waals surface area contributed by atoms with Crippen LogP contribution in [0.3, 0.4) is 0 Å². The number of nitrogens with zero attached hydrogens (tertiary/aromatic N) is 1. The van der Waals surface area contributed by atoms with Crippen LogP contribution in [0.4, 0.5) is 8.78 Å². The van der Waals surface area contributed by atoms with E-state index >= 15 is 0 Å². The fraction of sp³-hybridized carbons (Fsp3) is 0.333. The van der Waals surface area contributed by atoms with E-state index in [1.54, 1.807) is 25.1 Å². The molecule has 2 aromatic carbocycles. The standard InChI is InChI=1S/C24H23F2NO4/c1-15-5-3-4-6-18(15)20-14-22(28)31-21-13-17(7-8-19(20)21)30-16(2)23(29)27-11-9-24(25,26)10-12-27/h3-8,13-14,16H,9-12H2,1-2H3. The van der Waals surface area contributed by atoms with E-state index in [1.807, 2.05) is 31.2 Å². The number of fused-ring (bicyclic) bond motifs is 1. The first-order chi connectivity index (χ1) is 14.7. The number of alkyl halides is 2. The van der Waals surface area contributed by atoms with Crippen molar-refractivity contribution in [2.45, 2.75) is 38.7 Å². The fourth-order valence-electron chi connectivity index (χ4n) is 3.88. The second-order valence-electron chi connectivity index (χ2n) is 7.89. The molecule has 31 heavy (non-hydrogen) atoms. The van der Waals surface area contributed by atoms with Crippen molar-refractivity contribution in [2.24, 2.45) is 0 Å². The molecule has 7 heteroatoms. The zero-order valence-corrected chi connectivity index (χ0v) is 17.4. The maximum atomic E-state index is 13.3. The number of piperidine rings is 1. The lowest BCUT2D eigenvalue weighted by Gasteiger charge is -2.33. The van der Waals surface area contributed by atoms with Crippen LogP contribution in [-0.2, 0) is 4.79 Å². The Morgan fingerprint density at radius 3 is 2.52 bits per heavy atom. The summed E-state index contributed by atoms with van der Waals surface area (Å²) >= 11 is 0. The van der Waals surface area contributed by atoms with E-state index in [0.717, 1.165) is 22.1 Å². The molecular weight excluding hydrogens is 404 g/mol. The van der Waals surface area contributed by atoms with Gasteiger partial charge in [-0.15, -0.1) is 0 Å². The van der Waals surface area contributed by atoms with Gasteiger partial charge in [-0.2, -0.15) is 0 Å². The molecule has 1 unspecified atom stereocenters. The molecule has 0 bridgehead atoms. The third-order valence-corrected chi connectivity index (χ3v) is 5.62. The highest BCUT2D eigenvalue weighted by molar-refractivity contribution is 5.94. The van der Waals surface area contributed by atoms with Crippen molar-refractivity contribution in [2.75, 3.05) is 13.1 Å². The van der Waals surface area contributed by atoms with Crippen LogP contribution in [0.2, 0.25) is 0 Å². The van der Waals surface area contributed by atoms with E-state index in [1.165, 1.54) is 11.0 Å². The first kappa shape index (κ1) is 21.0. The smallest absolute Gasteiger partial charge is 0.336 e. The number of carbonyl (C=O) groups is 1. The average Bonchev–Trinajstić information content (AvgIpc) is 2.73. The van der Waals surface area contributed by atoms with E-state index in [9.17, 15) is 18.4 Å². The van der Waals surface area contributed by atoms with E-state index in [-0.39, 0.29) is 31.8 Å². The summed E-state index contributed by atoms with van der Waals surface area (Å²) in [6.07, 6.45) is -1.53. The average molecular weight is 427 g/mol. The summed E-state index contributed by atoms with van der Waals surface area (Å²) in [5.74, 6) is -2.70. The number of halogens is 2.